The van der Waals surface area contributed by atoms with E-state index in [1.807, 2.05) is 18.2 Å². The maximum absolute atomic E-state index is 5.80. The minimum atomic E-state index is 0.494. The lowest BCUT2D eigenvalue weighted by molar-refractivity contribution is 0.284. The van der Waals surface area contributed by atoms with Gasteiger partial charge in [0.15, 0.2) is 11.5 Å². The Morgan fingerprint density at radius 1 is 1.00 bits per heavy atom. The van der Waals surface area contributed by atoms with E-state index in [1.165, 1.54) is 32.1 Å². The standard InChI is InChI=1S/C16H25ClO2/c1-3-4-5-6-7-8-11-19-15-10-9-14(13-17)12-16(15)18-2/h9-10,12H,3-8,11,13H2,1-2H3. The van der Waals surface area contributed by atoms with Crippen LogP contribution in [0.2, 0.25) is 0 Å². The van der Waals surface area contributed by atoms with Gasteiger partial charge in [0.05, 0.1) is 13.7 Å². The second-order valence-electron chi connectivity index (χ2n) is 4.74. The van der Waals surface area contributed by atoms with Gasteiger partial charge in [0, 0.05) is 5.88 Å². The van der Waals surface area contributed by atoms with Gasteiger partial charge in [-0.1, -0.05) is 45.1 Å². The Kier molecular flexibility index (Phi) is 8.48. The van der Waals surface area contributed by atoms with E-state index < -0.39 is 0 Å². The lowest BCUT2D eigenvalue weighted by Crippen LogP contribution is -1.99. The first-order valence-corrected chi connectivity index (χ1v) is 7.71. The fourth-order valence-electron chi connectivity index (χ4n) is 1.98. The molecule has 0 N–H and O–H groups in total. The first-order valence-electron chi connectivity index (χ1n) is 7.17. The number of hydrogen-bond donors (Lipinski definition) is 0. The van der Waals surface area contributed by atoms with Crippen LogP contribution in [-0.4, -0.2) is 13.7 Å². The van der Waals surface area contributed by atoms with Crippen LogP contribution in [0, 0.1) is 0 Å². The number of alkyl halides is 1. The van der Waals surface area contributed by atoms with Crippen LogP contribution >= 0.6 is 11.6 Å². The number of hydrogen-bond acceptors (Lipinski definition) is 2. The zero-order chi connectivity index (χ0) is 13.9. The summed E-state index contributed by atoms with van der Waals surface area (Å²) in [6, 6.07) is 5.85. The second-order valence-corrected chi connectivity index (χ2v) is 5.00. The third kappa shape index (κ3) is 6.20. The van der Waals surface area contributed by atoms with E-state index in [0.29, 0.717) is 5.88 Å². The molecule has 0 bridgehead atoms. The van der Waals surface area contributed by atoms with Gasteiger partial charge in [0.25, 0.3) is 0 Å². The van der Waals surface area contributed by atoms with E-state index in [1.54, 1.807) is 7.11 Å². The molecule has 0 spiro atoms. The molecular weight excluding hydrogens is 260 g/mol. The summed E-state index contributed by atoms with van der Waals surface area (Å²) in [5.41, 5.74) is 1.05. The predicted octanol–water partition coefficient (Wildman–Crippen LogP) is 5.17. The predicted molar refractivity (Wildman–Crippen MR) is 81.4 cm³/mol. The van der Waals surface area contributed by atoms with Crippen LogP contribution in [0.3, 0.4) is 0 Å². The van der Waals surface area contributed by atoms with Crippen molar-refractivity contribution in [2.75, 3.05) is 13.7 Å². The Bertz CT molecular complexity index is 353. The maximum Gasteiger partial charge on any atom is 0.161 e. The highest BCUT2D eigenvalue weighted by Gasteiger charge is 2.05. The molecule has 0 aliphatic rings. The van der Waals surface area contributed by atoms with Crippen LogP contribution in [-0.2, 0) is 5.88 Å². The van der Waals surface area contributed by atoms with Crippen LogP contribution in [0.4, 0.5) is 0 Å². The summed E-state index contributed by atoms with van der Waals surface area (Å²) in [7, 11) is 1.66. The molecule has 0 saturated heterocycles. The molecule has 0 saturated carbocycles. The van der Waals surface area contributed by atoms with Crippen LogP contribution < -0.4 is 9.47 Å². The molecule has 1 aromatic carbocycles. The van der Waals surface area contributed by atoms with Crippen molar-refractivity contribution in [3.05, 3.63) is 23.8 Å². The Hall–Kier alpha value is -0.890. The molecule has 0 fully saturated rings. The molecule has 0 heterocycles. The lowest BCUT2D eigenvalue weighted by atomic mass is 10.1. The smallest absolute Gasteiger partial charge is 0.161 e. The highest BCUT2D eigenvalue weighted by molar-refractivity contribution is 6.17. The topological polar surface area (TPSA) is 18.5 Å². The third-order valence-corrected chi connectivity index (χ3v) is 3.45. The molecule has 19 heavy (non-hydrogen) atoms. The molecule has 0 aromatic heterocycles. The Labute approximate surface area is 122 Å². The summed E-state index contributed by atoms with van der Waals surface area (Å²) in [5.74, 6) is 2.07. The van der Waals surface area contributed by atoms with Crippen molar-refractivity contribution in [3.63, 3.8) is 0 Å². The van der Waals surface area contributed by atoms with Gasteiger partial charge in [-0.3, -0.25) is 0 Å². The number of rotatable bonds is 10. The number of ether oxygens (including phenoxy) is 2. The van der Waals surface area contributed by atoms with Gasteiger partial charge in [-0.2, -0.15) is 0 Å². The van der Waals surface area contributed by atoms with Crippen LogP contribution in [0.1, 0.15) is 51.0 Å². The van der Waals surface area contributed by atoms with E-state index in [0.717, 1.165) is 30.1 Å². The molecule has 0 amide bonds. The van der Waals surface area contributed by atoms with Crippen molar-refractivity contribution in [1.29, 1.82) is 0 Å². The molecule has 2 nitrogen and oxygen atoms in total. The summed E-state index contributed by atoms with van der Waals surface area (Å²) in [6.45, 7) is 2.99. The molecule has 0 unspecified atom stereocenters. The minimum Gasteiger partial charge on any atom is -0.493 e. The van der Waals surface area contributed by atoms with E-state index in [4.69, 9.17) is 21.1 Å². The van der Waals surface area contributed by atoms with Gasteiger partial charge in [0.1, 0.15) is 0 Å². The van der Waals surface area contributed by atoms with Crippen LogP contribution in [0.15, 0.2) is 18.2 Å². The quantitative estimate of drug-likeness (QED) is 0.436. The minimum absolute atomic E-state index is 0.494. The van der Waals surface area contributed by atoms with Gasteiger partial charge in [0.2, 0.25) is 0 Å². The zero-order valence-corrected chi connectivity index (χ0v) is 12.8. The Balaban J connectivity index is 2.28. The van der Waals surface area contributed by atoms with E-state index in [-0.39, 0.29) is 0 Å². The molecule has 3 heteroatoms. The number of methoxy groups -OCH3 is 1. The van der Waals surface area contributed by atoms with Crippen LogP contribution in [0.5, 0.6) is 11.5 Å². The average molecular weight is 285 g/mol. The van der Waals surface area contributed by atoms with Crippen LogP contribution in [0.25, 0.3) is 0 Å². The molecule has 1 rings (SSSR count). The SMILES string of the molecule is CCCCCCCCOc1ccc(CCl)cc1OC. The molecule has 1 aromatic rings. The molecule has 0 aliphatic heterocycles. The van der Waals surface area contributed by atoms with E-state index >= 15 is 0 Å². The lowest BCUT2D eigenvalue weighted by Gasteiger charge is -2.11. The zero-order valence-electron chi connectivity index (χ0n) is 12.1. The number of halogens is 1. The first-order chi connectivity index (χ1) is 9.31. The largest absolute Gasteiger partial charge is 0.493 e. The molecule has 0 aliphatic carbocycles. The van der Waals surface area contributed by atoms with Crippen molar-refractivity contribution in [2.24, 2.45) is 0 Å². The molecule has 0 radical (unpaired) electrons. The average Bonchev–Trinajstić information content (AvgIpc) is 2.46. The fraction of sp³-hybridized carbons (Fsp3) is 0.625. The fourth-order valence-corrected chi connectivity index (χ4v) is 2.15. The van der Waals surface area contributed by atoms with Gasteiger partial charge in [-0.25, -0.2) is 0 Å². The van der Waals surface area contributed by atoms with Crippen molar-refractivity contribution < 1.29 is 9.47 Å². The normalized spacial score (nSPS) is 10.5. The van der Waals surface area contributed by atoms with Gasteiger partial charge in [-0.15, -0.1) is 11.6 Å². The Morgan fingerprint density at radius 2 is 1.74 bits per heavy atom. The summed E-state index contributed by atoms with van der Waals surface area (Å²) in [4.78, 5) is 0. The van der Waals surface area contributed by atoms with Crippen molar-refractivity contribution in [3.8, 4) is 11.5 Å². The van der Waals surface area contributed by atoms with Crippen molar-refractivity contribution >= 4 is 11.6 Å². The molecule has 108 valence electrons. The number of unbranched alkanes of at least 4 members (excludes halogenated alkanes) is 5. The second kappa shape index (κ2) is 9.96. The first kappa shape index (κ1) is 16.2. The Morgan fingerprint density at radius 3 is 2.42 bits per heavy atom. The maximum atomic E-state index is 5.80. The summed E-state index contributed by atoms with van der Waals surface area (Å²) in [6.07, 6.45) is 7.62. The molecule has 0 atom stereocenters. The van der Waals surface area contributed by atoms with E-state index in [9.17, 15) is 0 Å². The van der Waals surface area contributed by atoms with Crippen molar-refractivity contribution in [1.82, 2.24) is 0 Å². The molecular formula is C16H25ClO2. The summed E-state index contributed by atoms with van der Waals surface area (Å²) >= 11 is 5.80. The van der Waals surface area contributed by atoms with Gasteiger partial charge < -0.3 is 9.47 Å². The summed E-state index contributed by atoms with van der Waals surface area (Å²) < 4.78 is 11.1. The third-order valence-electron chi connectivity index (χ3n) is 3.14. The summed E-state index contributed by atoms with van der Waals surface area (Å²) in [5, 5.41) is 0. The van der Waals surface area contributed by atoms with Crippen molar-refractivity contribution in [2.45, 2.75) is 51.3 Å². The monoisotopic (exact) mass is 284 g/mol. The van der Waals surface area contributed by atoms with E-state index in [2.05, 4.69) is 6.92 Å². The highest BCUT2D eigenvalue weighted by atomic mass is 35.5. The van der Waals surface area contributed by atoms with Gasteiger partial charge >= 0.3 is 0 Å². The van der Waals surface area contributed by atoms with Gasteiger partial charge in [-0.05, 0) is 24.1 Å². The highest BCUT2D eigenvalue weighted by Crippen LogP contribution is 2.28. The number of benzene rings is 1.